The largest absolute Gasteiger partial charge is 0.433 e. The van der Waals surface area contributed by atoms with Gasteiger partial charge in [0.05, 0.1) is 11.8 Å². The second kappa shape index (κ2) is 5.91. The molecule has 0 saturated carbocycles. The fourth-order valence-corrected chi connectivity index (χ4v) is 1.85. The van der Waals surface area contributed by atoms with E-state index in [0.717, 1.165) is 5.69 Å². The van der Waals surface area contributed by atoms with Crippen molar-refractivity contribution in [3.8, 4) is 0 Å². The molecular weight excluding hydrogens is 268 g/mol. The third-order valence-electron chi connectivity index (χ3n) is 1.99. The monoisotopic (exact) mass is 278 g/mol. The minimum atomic E-state index is -0.586. The number of thiazole rings is 1. The average Bonchev–Trinajstić information content (AvgIpc) is 2.98. The highest BCUT2D eigenvalue weighted by Crippen LogP contribution is 2.16. The molecule has 0 spiro atoms. The number of anilines is 1. The zero-order valence-corrected chi connectivity index (χ0v) is 10.8. The molecule has 0 aliphatic rings. The van der Waals surface area contributed by atoms with Gasteiger partial charge in [0.2, 0.25) is 5.13 Å². The number of nitrogens with zero attached hydrogens (tertiary/aromatic N) is 3. The normalized spacial score (nSPS) is 11.4. The molecule has 0 amide bonds. The van der Waals surface area contributed by atoms with Crippen LogP contribution in [0.3, 0.4) is 0 Å². The second-order valence-electron chi connectivity index (χ2n) is 3.48. The standard InChI is InChI=1S/C11H10N4O3S/c1-8-7-19-11(13-8)14-12-6-2-3-9-4-5-10(18-9)15(16)17/h2-7H,1H3,(H,13,14). The Morgan fingerprint density at radius 2 is 2.42 bits per heavy atom. The summed E-state index contributed by atoms with van der Waals surface area (Å²) < 4.78 is 4.94. The van der Waals surface area contributed by atoms with Crippen LogP contribution in [-0.2, 0) is 0 Å². The molecule has 19 heavy (non-hydrogen) atoms. The van der Waals surface area contributed by atoms with Crippen molar-refractivity contribution in [2.45, 2.75) is 6.92 Å². The first kappa shape index (κ1) is 13.0. The zero-order valence-electron chi connectivity index (χ0n) is 9.94. The number of allylic oxidation sites excluding steroid dienone is 1. The van der Waals surface area contributed by atoms with Crippen molar-refractivity contribution in [3.63, 3.8) is 0 Å². The lowest BCUT2D eigenvalue weighted by atomic mass is 10.4. The lowest BCUT2D eigenvalue weighted by Crippen LogP contribution is -1.86. The third-order valence-corrected chi connectivity index (χ3v) is 2.86. The number of hydrogen-bond acceptors (Lipinski definition) is 7. The molecule has 0 atom stereocenters. The summed E-state index contributed by atoms with van der Waals surface area (Å²) >= 11 is 1.46. The van der Waals surface area contributed by atoms with Crippen LogP contribution < -0.4 is 5.43 Å². The first-order valence-electron chi connectivity index (χ1n) is 5.27. The maximum atomic E-state index is 10.4. The predicted molar refractivity (Wildman–Crippen MR) is 73.4 cm³/mol. The number of rotatable bonds is 5. The minimum absolute atomic E-state index is 0.284. The molecule has 0 radical (unpaired) electrons. The van der Waals surface area contributed by atoms with Gasteiger partial charge in [-0.2, -0.15) is 5.10 Å². The number of aromatic nitrogens is 1. The number of nitro groups is 1. The SMILES string of the molecule is Cc1csc(NN=CC=Cc2ccc([N+](=O)[O-])o2)n1. The Kier molecular flexibility index (Phi) is 4.04. The van der Waals surface area contributed by atoms with E-state index in [1.807, 2.05) is 12.3 Å². The molecule has 98 valence electrons. The molecule has 1 N–H and O–H groups in total. The van der Waals surface area contributed by atoms with Gasteiger partial charge in [0, 0.05) is 11.6 Å². The van der Waals surface area contributed by atoms with Crippen LogP contribution in [-0.4, -0.2) is 16.1 Å². The minimum Gasteiger partial charge on any atom is -0.401 e. The van der Waals surface area contributed by atoms with Gasteiger partial charge >= 0.3 is 5.88 Å². The lowest BCUT2D eigenvalue weighted by Gasteiger charge is -1.89. The van der Waals surface area contributed by atoms with E-state index in [9.17, 15) is 10.1 Å². The summed E-state index contributed by atoms with van der Waals surface area (Å²) in [5, 5.41) is 16.9. The van der Waals surface area contributed by atoms with E-state index >= 15 is 0 Å². The molecule has 0 saturated heterocycles. The number of aryl methyl sites for hydroxylation is 1. The summed E-state index contributed by atoms with van der Waals surface area (Å²) in [6.07, 6.45) is 4.69. The highest BCUT2D eigenvalue weighted by Gasteiger charge is 2.09. The highest BCUT2D eigenvalue weighted by molar-refractivity contribution is 7.13. The van der Waals surface area contributed by atoms with Gasteiger partial charge in [0.15, 0.2) is 0 Å². The lowest BCUT2D eigenvalue weighted by molar-refractivity contribution is -0.402. The molecule has 2 aromatic heterocycles. The maximum Gasteiger partial charge on any atom is 0.433 e. The van der Waals surface area contributed by atoms with Crippen LogP contribution in [0.1, 0.15) is 11.5 Å². The van der Waals surface area contributed by atoms with E-state index in [4.69, 9.17) is 4.42 Å². The summed E-state index contributed by atoms with van der Waals surface area (Å²) in [6.45, 7) is 1.90. The van der Waals surface area contributed by atoms with Gasteiger partial charge in [-0.05, 0) is 25.1 Å². The van der Waals surface area contributed by atoms with Crippen molar-refractivity contribution >= 4 is 34.6 Å². The molecule has 8 heteroatoms. The van der Waals surface area contributed by atoms with Gasteiger partial charge < -0.3 is 4.42 Å². The zero-order chi connectivity index (χ0) is 13.7. The number of nitrogens with one attached hydrogen (secondary N) is 1. The van der Waals surface area contributed by atoms with Crippen molar-refractivity contribution in [2.75, 3.05) is 5.43 Å². The topological polar surface area (TPSA) is 93.6 Å². The Bertz CT molecular complexity index is 629. The van der Waals surface area contributed by atoms with Crippen molar-refractivity contribution in [3.05, 3.63) is 45.2 Å². The summed E-state index contributed by atoms with van der Waals surface area (Å²) in [4.78, 5) is 14.0. The summed E-state index contributed by atoms with van der Waals surface area (Å²) in [5.41, 5.74) is 3.69. The second-order valence-corrected chi connectivity index (χ2v) is 4.33. The molecule has 2 rings (SSSR count). The maximum absolute atomic E-state index is 10.4. The van der Waals surface area contributed by atoms with Crippen molar-refractivity contribution in [2.24, 2.45) is 5.10 Å². The van der Waals surface area contributed by atoms with E-state index in [2.05, 4.69) is 15.5 Å². The molecule has 7 nitrogen and oxygen atoms in total. The molecule has 0 bridgehead atoms. The Balaban J connectivity index is 1.87. The summed E-state index contributed by atoms with van der Waals surface area (Å²) in [6, 6.07) is 2.81. The first-order valence-corrected chi connectivity index (χ1v) is 6.15. The van der Waals surface area contributed by atoms with E-state index in [1.54, 1.807) is 12.2 Å². The number of furan rings is 1. The molecule has 0 fully saturated rings. The van der Waals surface area contributed by atoms with Gasteiger partial charge in [-0.3, -0.25) is 15.5 Å². The fraction of sp³-hybridized carbons (Fsp3) is 0.0909. The van der Waals surface area contributed by atoms with Gasteiger partial charge in [-0.15, -0.1) is 11.3 Å². The Morgan fingerprint density at radius 1 is 1.58 bits per heavy atom. The molecule has 0 aliphatic heterocycles. The summed E-state index contributed by atoms with van der Waals surface area (Å²) in [7, 11) is 0. The van der Waals surface area contributed by atoms with Gasteiger partial charge in [0.1, 0.15) is 10.7 Å². The fourth-order valence-electron chi connectivity index (χ4n) is 1.21. The van der Waals surface area contributed by atoms with Gasteiger partial charge in [0.25, 0.3) is 0 Å². The van der Waals surface area contributed by atoms with E-state index < -0.39 is 4.92 Å². The predicted octanol–water partition coefficient (Wildman–Crippen LogP) is 3.06. The van der Waals surface area contributed by atoms with Crippen LogP contribution >= 0.6 is 11.3 Å². The van der Waals surface area contributed by atoms with Crippen LogP contribution in [0.4, 0.5) is 11.0 Å². The Labute approximate surface area is 112 Å². The number of hydrazone groups is 1. The molecule has 2 heterocycles. The quantitative estimate of drug-likeness (QED) is 0.515. The molecule has 0 aromatic carbocycles. The molecule has 0 aliphatic carbocycles. The van der Waals surface area contributed by atoms with Crippen molar-refractivity contribution < 1.29 is 9.34 Å². The average molecular weight is 278 g/mol. The van der Waals surface area contributed by atoms with Crippen LogP contribution in [0.15, 0.2) is 33.1 Å². The van der Waals surface area contributed by atoms with Crippen LogP contribution in [0.5, 0.6) is 0 Å². The Morgan fingerprint density at radius 3 is 3.05 bits per heavy atom. The Hall–Kier alpha value is -2.48. The van der Waals surface area contributed by atoms with Crippen LogP contribution in [0, 0.1) is 17.0 Å². The smallest absolute Gasteiger partial charge is 0.401 e. The van der Waals surface area contributed by atoms with Gasteiger partial charge in [-0.25, -0.2) is 4.98 Å². The third kappa shape index (κ3) is 3.75. The molecule has 0 unspecified atom stereocenters. The first-order chi connectivity index (χ1) is 9.15. The number of hydrogen-bond donors (Lipinski definition) is 1. The van der Waals surface area contributed by atoms with Crippen molar-refractivity contribution in [1.82, 2.24) is 4.98 Å². The summed E-state index contributed by atoms with van der Waals surface area (Å²) in [5.74, 6) is 0.108. The van der Waals surface area contributed by atoms with E-state index in [1.165, 1.54) is 29.7 Å². The molecular formula is C11H10N4O3S. The van der Waals surface area contributed by atoms with Crippen LogP contribution in [0.2, 0.25) is 0 Å². The van der Waals surface area contributed by atoms with E-state index in [-0.39, 0.29) is 5.88 Å². The van der Waals surface area contributed by atoms with E-state index in [0.29, 0.717) is 10.9 Å². The highest BCUT2D eigenvalue weighted by atomic mass is 32.1. The van der Waals surface area contributed by atoms with Crippen LogP contribution in [0.25, 0.3) is 6.08 Å². The van der Waals surface area contributed by atoms with Gasteiger partial charge in [-0.1, -0.05) is 0 Å². The van der Waals surface area contributed by atoms with Crippen molar-refractivity contribution in [1.29, 1.82) is 0 Å². The molecule has 2 aromatic rings.